The van der Waals surface area contributed by atoms with Crippen LogP contribution in [0.1, 0.15) is 18.5 Å². The van der Waals surface area contributed by atoms with Crippen LogP contribution >= 0.6 is 0 Å². The molecule has 1 aromatic rings. The second kappa shape index (κ2) is 2.62. The molecule has 1 aliphatic rings. The lowest BCUT2D eigenvalue weighted by atomic mass is 10.2. The maximum absolute atomic E-state index is 9.10. The van der Waals surface area contributed by atoms with Crippen LogP contribution in [-0.4, -0.2) is 15.1 Å². The molecule has 2 rings (SSSR count). The van der Waals surface area contributed by atoms with Gasteiger partial charge in [0.1, 0.15) is 0 Å². The summed E-state index contributed by atoms with van der Waals surface area (Å²) in [6.45, 7) is 0. The zero-order chi connectivity index (χ0) is 8.55. The second-order valence-corrected chi connectivity index (χ2v) is 3.22. The van der Waals surface area contributed by atoms with Gasteiger partial charge in [0.2, 0.25) is 11.8 Å². The van der Waals surface area contributed by atoms with Gasteiger partial charge in [-0.2, -0.15) is 4.98 Å². The zero-order valence-corrected chi connectivity index (χ0v) is 6.70. The first kappa shape index (κ1) is 7.34. The summed E-state index contributed by atoms with van der Waals surface area (Å²) in [5.74, 6) is 0.877. The highest BCUT2D eigenvalue weighted by molar-refractivity contribution is 5.25. The van der Waals surface area contributed by atoms with E-state index in [9.17, 15) is 0 Å². The lowest BCUT2D eigenvalue weighted by molar-refractivity contribution is 0.451. The lowest BCUT2D eigenvalue weighted by Crippen LogP contribution is -1.99. The van der Waals surface area contributed by atoms with Crippen molar-refractivity contribution in [2.24, 2.45) is 5.92 Å². The van der Waals surface area contributed by atoms with Gasteiger partial charge in [0, 0.05) is 6.07 Å². The third kappa shape index (κ3) is 1.64. The average Bonchev–Trinajstić information content (AvgIpc) is 2.68. The van der Waals surface area contributed by atoms with Crippen molar-refractivity contribution in [3.63, 3.8) is 0 Å². The van der Waals surface area contributed by atoms with Crippen molar-refractivity contribution in [3.05, 3.63) is 11.8 Å². The molecule has 1 aromatic heterocycles. The van der Waals surface area contributed by atoms with Crippen molar-refractivity contribution in [2.45, 2.75) is 19.3 Å². The van der Waals surface area contributed by atoms with E-state index < -0.39 is 0 Å². The van der Waals surface area contributed by atoms with E-state index in [1.807, 2.05) is 0 Å². The Hall–Kier alpha value is -1.32. The molecule has 0 saturated heterocycles. The van der Waals surface area contributed by atoms with Crippen LogP contribution < -0.4 is 5.73 Å². The van der Waals surface area contributed by atoms with Gasteiger partial charge in [0.15, 0.2) is 0 Å². The maximum Gasteiger partial charge on any atom is 0.223 e. The molecule has 64 valence electrons. The van der Waals surface area contributed by atoms with Crippen molar-refractivity contribution in [3.8, 4) is 5.88 Å². The Morgan fingerprint density at radius 2 is 2.25 bits per heavy atom. The Morgan fingerprint density at radius 1 is 1.50 bits per heavy atom. The molecule has 1 heterocycles. The van der Waals surface area contributed by atoms with Gasteiger partial charge >= 0.3 is 0 Å². The molecule has 1 fully saturated rings. The number of anilines is 1. The molecule has 0 bridgehead atoms. The minimum atomic E-state index is -0.0295. The molecule has 0 radical (unpaired) electrons. The number of hydrogen-bond donors (Lipinski definition) is 2. The average molecular weight is 165 g/mol. The van der Waals surface area contributed by atoms with E-state index in [0.29, 0.717) is 0 Å². The largest absolute Gasteiger partial charge is 0.493 e. The molecule has 3 N–H and O–H groups in total. The summed E-state index contributed by atoms with van der Waals surface area (Å²) in [6.07, 6.45) is 3.45. The van der Waals surface area contributed by atoms with Gasteiger partial charge in [-0.3, -0.25) is 0 Å². The van der Waals surface area contributed by atoms with Crippen molar-refractivity contribution in [1.29, 1.82) is 0 Å². The van der Waals surface area contributed by atoms with Gasteiger partial charge in [-0.15, -0.1) is 0 Å². The molecular weight excluding hydrogens is 154 g/mol. The van der Waals surface area contributed by atoms with Gasteiger partial charge in [0.05, 0.1) is 5.69 Å². The first-order valence-electron chi connectivity index (χ1n) is 4.06. The molecule has 0 atom stereocenters. The molecule has 0 unspecified atom stereocenters. The number of nitrogen functional groups attached to an aromatic ring is 1. The van der Waals surface area contributed by atoms with E-state index >= 15 is 0 Å². The number of hydrogen-bond acceptors (Lipinski definition) is 4. The van der Waals surface area contributed by atoms with Gasteiger partial charge in [0.25, 0.3) is 0 Å². The Kier molecular flexibility index (Phi) is 1.60. The summed E-state index contributed by atoms with van der Waals surface area (Å²) in [5.41, 5.74) is 6.22. The Labute approximate surface area is 70.5 Å². The zero-order valence-electron chi connectivity index (χ0n) is 6.70. The van der Waals surface area contributed by atoms with Crippen LogP contribution in [-0.2, 0) is 6.42 Å². The summed E-state index contributed by atoms with van der Waals surface area (Å²) < 4.78 is 0. The normalized spacial score (nSPS) is 16.3. The number of nitrogens with zero attached hydrogens (tertiary/aromatic N) is 2. The third-order valence-electron chi connectivity index (χ3n) is 1.98. The number of aromatic hydroxyl groups is 1. The van der Waals surface area contributed by atoms with Crippen LogP contribution in [0.3, 0.4) is 0 Å². The fourth-order valence-electron chi connectivity index (χ4n) is 1.23. The molecule has 4 heteroatoms. The molecule has 0 aliphatic heterocycles. The molecule has 1 saturated carbocycles. The SMILES string of the molecule is Nc1nc(O)cc(CC2CC2)n1. The first-order valence-corrected chi connectivity index (χ1v) is 4.06. The predicted octanol–water partition coefficient (Wildman–Crippen LogP) is 0.717. The smallest absolute Gasteiger partial charge is 0.223 e. The molecule has 1 aliphatic carbocycles. The minimum absolute atomic E-state index is 0.0295. The van der Waals surface area contributed by atoms with Gasteiger partial charge in [-0.25, -0.2) is 4.98 Å². The van der Waals surface area contributed by atoms with E-state index in [0.717, 1.165) is 18.0 Å². The maximum atomic E-state index is 9.10. The van der Waals surface area contributed by atoms with E-state index in [2.05, 4.69) is 9.97 Å². The highest BCUT2D eigenvalue weighted by Gasteiger charge is 2.22. The molecule has 4 nitrogen and oxygen atoms in total. The summed E-state index contributed by atoms with van der Waals surface area (Å²) in [4.78, 5) is 7.61. The van der Waals surface area contributed by atoms with Gasteiger partial charge in [-0.1, -0.05) is 0 Å². The third-order valence-corrected chi connectivity index (χ3v) is 1.98. The van der Waals surface area contributed by atoms with Gasteiger partial charge < -0.3 is 10.8 Å². The van der Waals surface area contributed by atoms with E-state index in [1.165, 1.54) is 12.8 Å². The summed E-state index contributed by atoms with van der Waals surface area (Å²) in [7, 11) is 0. The van der Waals surface area contributed by atoms with E-state index in [1.54, 1.807) is 6.07 Å². The Balaban J connectivity index is 2.18. The molecule has 0 spiro atoms. The van der Waals surface area contributed by atoms with Crippen molar-refractivity contribution in [1.82, 2.24) is 9.97 Å². The van der Waals surface area contributed by atoms with Crippen LogP contribution in [0.5, 0.6) is 5.88 Å². The van der Waals surface area contributed by atoms with Crippen LogP contribution in [0.25, 0.3) is 0 Å². The highest BCUT2D eigenvalue weighted by atomic mass is 16.3. The fraction of sp³-hybridized carbons (Fsp3) is 0.500. The molecule has 0 amide bonds. The summed E-state index contributed by atoms with van der Waals surface area (Å²) in [6, 6.07) is 1.58. The standard InChI is InChI=1S/C8H11N3O/c9-8-10-6(3-5-1-2-5)4-7(12)11-8/h4-5H,1-3H2,(H3,9,10,11,12). The first-order chi connectivity index (χ1) is 5.74. The topological polar surface area (TPSA) is 72.0 Å². The quantitative estimate of drug-likeness (QED) is 0.677. The summed E-state index contributed by atoms with van der Waals surface area (Å²) in [5, 5.41) is 9.10. The lowest BCUT2D eigenvalue weighted by Gasteiger charge is -1.99. The Morgan fingerprint density at radius 3 is 2.83 bits per heavy atom. The minimum Gasteiger partial charge on any atom is -0.493 e. The number of aromatic nitrogens is 2. The van der Waals surface area contributed by atoms with Crippen molar-refractivity contribution < 1.29 is 5.11 Å². The number of nitrogens with two attached hydrogens (primary N) is 1. The highest BCUT2D eigenvalue weighted by Crippen LogP contribution is 2.32. The van der Waals surface area contributed by atoms with Gasteiger partial charge in [-0.05, 0) is 25.2 Å². The van der Waals surface area contributed by atoms with Crippen molar-refractivity contribution in [2.75, 3.05) is 5.73 Å². The van der Waals surface area contributed by atoms with E-state index in [4.69, 9.17) is 10.8 Å². The molecular formula is C8H11N3O. The Bertz CT molecular complexity index is 276. The van der Waals surface area contributed by atoms with Crippen LogP contribution in [0.2, 0.25) is 0 Å². The molecule has 0 aromatic carbocycles. The molecule has 12 heavy (non-hydrogen) atoms. The van der Waals surface area contributed by atoms with Crippen molar-refractivity contribution >= 4 is 5.95 Å². The number of rotatable bonds is 2. The fourth-order valence-corrected chi connectivity index (χ4v) is 1.23. The predicted molar refractivity (Wildman–Crippen MR) is 44.5 cm³/mol. The second-order valence-electron chi connectivity index (χ2n) is 3.22. The van der Waals surface area contributed by atoms with Crippen LogP contribution in [0, 0.1) is 5.92 Å². The van der Waals surface area contributed by atoms with Crippen LogP contribution in [0.4, 0.5) is 5.95 Å². The van der Waals surface area contributed by atoms with Crippen LogP contribution in [0.15, 0.2) is 6.07 Å². The summed E-state index contributed by atoms with van der Waals surface area (Å²) >= 11 is 0. The monoisotopic (exact) mass is 165 g/mol. The van der Waals surface area contributed by atoms with E-state index in [-0.39, 0.29) is 11.8 Å².